The van der Waals surface area contributed by atoms with Gasteiger partial charge in [-0.2, -0.15) is 0 Å². The maximum atomic E-state index is 13.0. The van der Waals surface area contributed by atoms with Gasteiger partial charge in [-0.3, -0.25) is 14.5 Å². The van der Waals surface area contributed by atoms with Crippen molar-refractivity contribution in [3.05, 3.63) is 56.9 Å². The van der Waals surface area contributed by atoms with Crippen molar-refractivity contribution in [2.24, 2.45) is 4.99 Å². The molecule has 4 rings (SSSR count). The second-order valence-corrected chi connectivity index (χ2v) is 10.3. The number of morpholine rings is 1. The quantitative estimate of drug-likeness (QED) is 0.388. The van der Waals surface area contributed by atoms with Gasteiger partial charge in [-0.1, -0.05) is 13.0 Å². The lowest BCUT2D eigenvalue weighted by Crippen LogP contribution is -2.40. The van der Waals surface area contributed by atoms with Crippen LogP contribution in [-0.4, -0.2) is 73.3 Å². The van der Waals surface area contributed by atoms with Crippen LogP contribution in [0.1, 0.15) is 36.2 Å². The first-order valence-corrected chi connectivity index (χ1v) is 13.8. The minimum absolute atomic E-state index is 0.0449. The lowest BCUT2D eigenvalue weighted by Gasteiger charge is -2.26. The van der Waals surface area contributed by atoms with E-state index in [2.05, 4.69) is 20.9 Å². The number of aliphatic imine (C=N–C) groups is 1. The third-order valence-electron chi connectivity index (χ3n) is 5.70. The van der Waals surface area contributed by atoms with Crippen LogP contribution in [0.25, 0.3) is 6.08 Å². The molecular formula is C27H30BrN3O5S. The Balaban J connectivity index is 1.57. The van der Waals surface area contributed by atoms with Crippen LogP contribution in [0.2, 0.25) is 0 Å². The van der Waals surface area contributed by atoms with Crippen molar-refractivity contribution >= 4 is 56.4 Å². The fourth-order valence-corrected chi connectivity index (χ4v) is 5.41. The monoisotopic (exact) mass is 587 g/mol. The van der Waals surface area contributed by atoms with E-state index in [1.165, 1.54) is 16.7 Å². The second-order valence-electron chi connectivity index (χ2n) is 8.44. The summed E-state index contributed by atoms with van der Waals surface area (Å²) < 4.78 is 17.8. The van der Waals surface area contributed by atoms with Crippen molar-refractivity contribution in [1.82, 2.24) is 9.80 Å². The molecule has 0 atom stereocenters. The SMILES string of the molecule is CCCOc1c(Br)cc(/C=C2/SC(=Nc3cccc(C(=O)N4CCOCC4)c3)N(C)C2=O)cc1OCC. The molecule has 2 heterocycles. The van der Waals surface area contributed by atoms with Gasteiger partial charge in [-0.05, 0) is 83.0 Å². The number of likely N-dealkylation sites (N-methyl/N-ethyl adjacent to an activating group) is 1. The molecule has 37 heavy (non-hydrogen) atoms. The van der Waals surface area contributed by atoms with Gasteiger partial charge in [0.05, 0.1) is 41.5 Å². The van der Waals surface area contributed by atoms with Gasteiger partial charge in [-0.15, -0.1) is 0 Å². The summed E-state index contributed by atoms with van der Waals surface area (Å²) in [7, 11) is 1.70. The molecule has 10 heteroatoms. The summed E-state index contributed by atoms with van der Waals surface area (Å²) in [6.07, 6.45) is 2.70. The van der Waals surface area contributed by atoms with E-state index in [1.54, 1.807) is 30.1 Å². The van der Waals surface area contributed by atoms with Crippen LogP contribution in [0.4, 0.5) is 5.69 Å². The number of carbonyl (C=O) groups is 2. The van der Waals surface area contributed by atoms with Gasteiger partial charge in [0, 0.05) is 25.7 Å². The number of amides is 2. The standard InChI is InChI=1S/C27H30BrN3O5S/c1-4-11-36-24-21(28)14-18(15-22(24)35-5-2)16-23-26(33)30(3)27(37-23)29-20-8-6-7-19(17-20)25(32)31-9-12-34-13-10-31/h6-8,14-17H,4-5,9-13H2,1-3H3/b23-16+,29-27?. The fourth-order valence-electron chi connectivity index (χ4n) is 3.85. The zero-order valence-corrected chi connectivity index (χ0v) is 23.6. The topological polar surface area (TPSA) is 80.7 Å². The molecule has 2 fully saturated rings. The summed E-state index contributed by atoms with van der Waals surface area (Å²) in [5, 5.41) is 0.541. The third-order valence-corrected chi connectivity index (χ3v) is 7.35. The molecule has 196 valence electrons. The third kappa shape index (κ3) is 6.55. The van der Waals surface area contributed by atoms with Gasteiger partial charge in [0.2, 0.25) is 0 Å². The van der Waals surface area contributed by atoms with Crippen LogP contribution >= 0.6 is 27.7 Å². The number of hydrogen-bond donors (Lipinski definition) is 0. The molecule has 2 saturated heterocycles. The molecule has 0 radical (unpaired) electrons. The minimum atomic E-state index is -0.148. The summed E-state index contributed by atoms with van der Waals surface area (Å²) in [5.74, 6) is 1.08. The Morgan fingerprint density at radius 3 is 2.70 bits per heavy atom. The van der Waals surface area contributed by atoms with E-state index in [-0.39, 0.29) is 11.8 Å². The normalized spacial score (nSPS) is 18.1. The van der Waals surface area contributed by atoms with Gasteiger partial charge in [0.15, 0.2) is 16.7 Å². The molecule has 2 amide bonds. The fraction of sp³-hybridized carbons (Fsp3) is 0.370. The Bertz CT molecular complexity index is 1230. The van der Waals surface area contributed by atoms with Crippen molar-refractivity contribution in [1.29, 1.82) is 0 Å². The molecule has 2 aromatic rings. The van der Waals surface area contributed by atoms with E-state index in [9.17, 15) is 9.59 Å². The average molecular weight is 589 g/mol. The van der Waals surface area contributed by atoms with Crippen LogP contribution in [0, 0.1) is 0 Å². The highest BCUT2D eigenvalue weighted by Crippen LogP contribution is 2.39. The van der Waals surface area contributed by atoms with Gasteiger partial charge in [0.1, 0.15) is 0 Å². The maximum Gasteiger partial charge on any atom is 0.266 e. The van der Waals surface area contributed by atoms with Crippen LogP contribution in [0.15, 0.2) is 50.8 Å². The number of rotatable bonds is 8. The number of nitrogens with zero attached hydrogens (tertiary/aromatic N) is 3. The second kappa shape index (κ2) is 12.6. The van der Waals surface area contributed by atoms with E-state index in [0.717, 1.165) is 16.5 Å². The lowest BCUT2D eigenvalue weighted by atomic mass is 10.1. The number of hydrogen-bond acceptors (Lipinski definition) is 7. The van der Waals surface area contributed by atoms with Crippen LogP contribution < -0.4 is 9.47 Å². The largest absolute Gasteiger partial charge is 0.490 e. The molecule has 8 nitrogen and oxygen atoms in total. The highest BCUT2D eigenvalue weighted by atomic mass is 79.9. The van der Waals surface area contributed by atoms with Gasteiger partial charge >= 0.3 is 0 Å². The molecule has 0 N–H and O–H groups in total. The predicted octanol–water partition coefficient (Wildman–Crippen LogP) is 5.34. The van der Waals surface area contributed by atoms with Crippen molar-refractivity contribution in [2.45, 2.75) is 20.3 Å². The van der Waals surface area contributed by atoms with Crippen LogP contribution in [0.5, 0.6) is 11.5 Å². The predicted molar refractivity (Wildman–Crippen MR) is 150 cm³/mol. The van der Waals surface area contributed by atoms with Gasteiger partial charge < -0.3 is 19.1 Å². The lowest BCUT2D eigenvalue weighted by molar-refractivity contribution is -0.121. The number of ether oxygens (including phenoxy) is 3. The Hall–Kier alpha value is -2.82. The zero-order chi connectivity index (χ0) is 26.4. The van der Waals surface area contributed by atoms with Gasteiger partial charge in [-0.25, -0.2) is 4.99 Å². The molecule has 2 aliphatic heterocycles. The molecule has 2 aliphatic rings. The van der Waals surface area contributed by atoms with Crippen molar-refractivity contribution in [3.63, 3.8) is 0 Å². The molecule has 0 unspecified atom stereocenters. The molecular weight excluding hydrogens is 558 g/mol. The number of benzene rings is 2. The van der Waals surface area contributed by atoms with E-state index < -0.39 is 0 Å². The minimum Gasteiger partial charge on any atom is -0.490 e. The average Bonchev–Trinajstić information content (AvgIpc) is 3.16. The number of halogens is 1. The summed E-state index contributed by atoms with van der Waals surface area (Å²) in [4.78, 5) is 34.4. The first-order chi connectivity index (χ1) is 17.9. The summed E-state index contributed by atoms with van der Waals surface area (Å²) in [5.41, 5.74) is 1.99. The molecule has 2 aromatic carbocycles. The Labute approximate surface area is 229 Å². The summed E-state index contributed by atoms with van der Waals surface area (Å²) in [6.45, 7) is 7.28. The highest BCUT2D eigenvalue weighted by Gasteiger charge is 2.30. The van der Waals surface area contributed by atoms with E-state index in [1.807, 2.05) is 38.1 Å². The number of carbonyl (C=O) groups excluding carboxylic acids is 2. The number of amidine groups is 1. The number of thioether (sulfide) groups is 1. The van der Waals surface area contributed by atoms with Crippen molar-refractivity contribution in [2.75, 3.05) is 46.6 Å². The summed E-state index contributed by atoms with van der Waals surface area (Å²) in [6, 6.07) is 10.9. The van der Waals surface area contributed by atoms with Gasteiger partial charge in [0.25, 0.3) is 11.8 Å². The first kappa shape index (κ1) is 27.2. The summed E-state index contributed by atoms with van der Waals surface area (Å²) >= 11 is 4.87. The Kier molecular flexibility index (Phi) is 9.28. The molecule has 0 spiro atoms. The van der Waals surface area contributed by atoms with E-state index in [0.29, 0.717) is 72.3 Å². The maximum absolute atomic E-state index is 13.0. The highest BCUT2D eigenvalue weighted by molar-refractivity contribution is 9.10. The van der Waals surface area contributed by atoms with Crippen LogP contribution in [0.3, 0.4) is 0 Å². The molecule has 0 bridgehead atoms. The smallest absolute Gasteiger partial charge is 0.266 e. The van der Waals surface area contributed by atoms with E-state index in [4.69, 9.17) is 14.2 Å². The molecule has 0 aromatic heterocycles. The van der Waals surface area contributed by atoms with Crippen molar-refractivity contribution < 1.29 is 23.8 Å². The van der Waals surface area contributed by atoms with E-state index >= 15 is 0 Å². The Morgan fingerprint density at radius 2 is 1.97 bits per heavy atom. The molecule has 0 aliphatic carbocycles. The first-order valence-electron chi connectivity index (χ1n) is 12.2. The van der Waals surface area contributed by atoms with Crippen molar-refractivity contribution in [3.8, 4) is 11.5 Å². The molecule has 0 saturated carbocycles. The van der Waals surface area contributed by atoms with Crippen LogP contribution in [-0.2, 0) is 9.53 Å². The Morgan fingerprint density at radius 1 is 1.19 bits per heavy atom. The zero-order valence-electron chi connectivity index (χ0n) is 21.2.